The van der Waals surface area contributed by atoms with Crippen LogP contribution in [0.5, 0.6) is 11.5 Å². The molecule has 3 aromatic carbocycles. The van der Waals surface area contributed by atoms with E-state index >= 15 is 0 Å². The van der Waals surface area contributed by atoms with Gasteiger partial charge in [-0.05, 0) is 47.4 Å². The molecule has 0 saturated heterocycles. The van der Waals surface area contributed by atoms with E-state index in [0.717, 1.165) is 16.9 Å². The van der Waals surface area contributed by atoms with Crippen molar-refractivity contribution in [2.45, 2.75) is 24.9 Å². The van der Waals surface area contributed by atoms with Gasteiger partial charge < -0.3 is 25.4 Å². The van der Waals surface area contributed by atoms with E-state index in [9.17, 15) is 14.4 Å². The first-order valence-corrected chi connectivity index (χ1v) is 13.7. The lowest BCUT2D eigenvalue weighted by Crippen LogP contribution is -2.48. The number of primary amides is 1. The Kier molecular flexibility index (Phi) is 8.77. The maximum atomic E-state index is 14.1. The van der Waals surface area contributed by atoms with Crippen molar-refractivity contribution < 1.29 is 23.9 Å². The number of pyridine rings is 1. The average molecular weight is 565 g/mol. The summed E-state index contributed by atoms with van der Waals surface area (Å²) in [5.74, 6) is -0.766. The molecule has 1 aromatic heterocycles. The van der Waals surface area contributed by atoms with Gasteiger partial charge in [0.05, 0.1) is 19.1 Å². The number of fused-ring (bicyclic) bond motifs is 1. The smallest absolute Gasteiger partial charge is 0.255 e. The Morgan fingerprint density at radius 3 is 2.38 bits per heavy atom. The van der Waals surface area contributed by atoms with Crippen molar-refractivity contribution in [3.63, 3.8) is 0 Å². The maximum absolute atomic E-state index is 14.1. The number of carbonyl (C=O) groups excluding carboxylic acids is 3. The van der Waals surface area contributed by atoms with Gasteiger partial charge in [0.15, 0.2) is 6.61 Å². The number of amides is 3. The van der Waals surface area contributed by atoms with Gasteiger partial charge in [0, 0.05) is 36.6 Å². The molecule has 9 nitrogen and oxygen atoms in total. The van der Waals surface area contributed by atoms with Gasteiger partial charge >= 0.3 is 0 Å². The molecule has 4 aromatic rings. The van der Waals surface area contributed by atoms with Crippen molar-refractivity contribution in [1.29, 1.82) is 0 Å². The van der Waals surface area contributed by atoms with Crippen molar-refractivity contribution >= 4 is 17.7 Å². The molecule has 2 unspecified atom stereocenters. The minimum Gasteiger partial charge on any atom is -0.496 e. The number of aromatic nitrogens is 1. The normalized spacial score (nSPS) is 15.9. The lowest BCUT2D eigenvalue weighted by Gasteiger charge is -2.42. The van der Waals surface area contributed by atoms with E-state index in [1.54, 1.807) is 48.7 Å². The molecule has 0 fully saturated rings. The fourth-order valence-electron chi connectivity index (χ4n) is 5.42. The molecule has 214 valence electrons. The molecule has 5 rings (SSSR count). The number of carbonyl (C=O) groups is 3. The molecule has 3 N–H and O–H groups in total. The fraction of sp³-hybridized carbons (Fsp3) is 0.212. The summed E-state index contributed by atoms with van der Waals surface area (Å²) >= 11 is 0. The first-order chi connectivity index (χ1) is 20.5. The van der Waals surface area contributed by atoms with Gasteiger partial charge in [-0.15, -0.1) is 0 Å². The van der Waals surface area contributed by atoms with Crippen molar-refractivity contribution in [3.8, 4) is 11.5 Å². The second-order valence-corrected chi connectivity index (χ2v) is 9.94. The number of hydrogen-bond acceptors (Lipinski definition) is 6. The average Bonchev–Trinajstić information content (AvgIpc) is 3.03. The maximum Gasteiger partial charge on any atom is 0.255 e. The molecular weight excluding hydrogens is 532 g/mol. The second-order valence-electron chi connectivity index (χ2n) is 9.94. The molecular formula is C33H32N4O5. The van der Waals surface area contributed by atoms with Crippen LogP contribution in [0.3, 0.4) is 0 Å². The third-order valence-corrected chi connectivity index (χ3v) is 7.33. The van der Waals surface area contributed by atoms with Gasteiger partial charge in [-0.3, -0.25) is 19.4 Å². The topological polar surface area (TPSA) is 124 Å². The Hall–Kier alpha value is -5.18. The van der Waals surface area contributed by atoms with Crippen molar-refractivity contribution in [2.24, 2.45) is 5.73 Å². The molecule has 0 aliphatic carbocycles. The highest BCUT2D eigenvalue weighted by molar-refractivity contribution is 6.01. The predicted molar refractivity (Wildman–Crippen MR) is 157 cm³/mol. The van der Waals surface area contributed by atoms with E-state index < -0.39 is 17.9 Å². The standard InChI is InChI=1S/C33H32N4O5/c1-41-27-14-6-2-10-23(27)16-18-37-31(26-13-5-7-15-28(26)42-21-29(34)38)30(24-11-3-4-12-25(24)33(37)40)32(39)36-20-22-9-8-17-35-19-22/h2-15,17,19,30-31H,16,18,20-21H2,1H3,(H2,34,38)(H,36,39). The van der Waals surface area contributed by atoms with Crippen molar-refractivity contribution in [2.75, 3.05) is 20.3 Å². The molecule has 0 spiro atoms. The van der Waals surface area contributed by atoms with E-state index in [4.69, 9.17) is 15.2 Å². The molecule has 2 heterocycles. The van der Waals surface area contributed by atoms with Crippen LogP contribution in [0.1, 0.15) is 44.6 Å². The summed E-state index contributed by atoms with van der Waals surface area (Å²) in [6, 6.07) is 24.9. The molecule has 2 atom stereocenters. The lowest BCUT2D eigenvalue weighted by atomic mass is 9.78. The van der Waals surface area contributed by atoms with Crippen LogP contribution < -0.4 is 20.5 Å². The highest BCUT2D eigenvalue weighted by atomic mass is 16.5. The molecule has 0 radical (unpaired) electrons. The largest absolute Gasteiger partial charge is 0.496 e. The molecule has 3 amide bonds. The summed E-state index contributed by atoms with van der Waals surface area (Å²) in [7, 11) is 1.61. The van der Waals surface area contributed by atoms with Gasteiger partial charge in [0.25, 0.3) is 11.8 Å². The lowest BCUT2D eigenvalue weighted by molar-refractivity contribution is -0.124. The first kappa shape index (κ1) is 28.4. The Bertz CT molecular complexity index is 1580. The van der Waals surface area contributed by atoms with Gasteiger partial charge in [0.1, 0.15) is 11.5 Å². The monoisotopic (exact) mass is 564 g/mol. The van der Waals surface area contributed by atoms with Crippen molar-refractivity contribution in [1.82, 2.24) is 15.2 Å². The van der Waals surface area contributed by atoms with Gasteiger partial charge in [-0.2, -0.15) is 0 Å². The Balaban J connectivity index is 1.59. The number of benzene rings is 3. The van der Waals surface area contributed by atoms with Crippen LogP contribution in [0.4, 0.5) is 0 Å². The van der Waals surface area contributed by atoms with E-state index in [1.165, 1.54) is 0 Å². The number of hydrogen-bond donors (Lipinski definition) is 2. The van der Waals surface area contributed by atoms with E-state index in [2.05, 4.69) is 10.3 Å². The summed E-state index contributed by atoms with van der Waals surface area (Å²) in [5, 5.41) is 3.05. The number of nitrogens with zero attached hydrogens (tertiary/aromatic N) is 2. The van der Waals surface area contributed by atoms with E-state index in [-0.39, 0.29) is 25.0 Å². The highest BCUT2D eigenvalue weighted by Crippen LogP contribution is 2.45. The number of methoxy groups -OCH3 is 1. The number of nitrogens with two attached hydrogens (primary N) is 1. The summed E-state index contributed by atoms with van der Waals surface area (Å²) in [6.07, 6.45) is 3.86. The van der Waals surface area contributed by atoms with Crippen molar-refractivity contribution in [3.05, 3.63) is 125 Å². The van der Waals surface area contributed by atoms with Crippen LogP contribution in [0.25, 0.3) is 0 Å². The van der Waals surface area contributed by atoms with Gasteiger partial charge in [-0.25, -0.2) is 0 Å². The third kappa shape index (κ3) is 6.10. The number of nitrogens with one attached hydrogen (secondary N) is 1. The zero-order valence-electron chi connectivity index (χ0n) is 23.2. The molecule has 0 bridgehead atoms. The van der Waals surface area contributed by atoms with Crippen LogP contribution in [-0.4, -0.2) is 47.9 Å². The quantitative estimate of drug-likeness (QED) is 0.286. The molecule has 42 heavy (non-hydrogen) atoms. The van der Waals surface area contributed by atoms with Gasteiger partial charge in [-0.1, -0.05) is 60.7 Å². The van der Waals surface area contributed by atoms with Crippen LogP contribution in [-0.2, 0) is 22.6 Å². The number of para-hydroxylation sites is 2. The Morgan fingerprint density at radius 1 is 0.929 bits per heavy atom. The first-order valence-electron chi connectivity index (χ1n) is 13.7. The summed E-state index contributed by atoms with van der Waals surface area (Å²) in [6.45, 7) is 0.231. The van der Waals surface area contributed by atoms with Crippen LogP contribution in [0.15, 0.2) is 97.3 Å². The molecule has 1 aliphatic rings. The predicted octanol–water partition coefficient (Wildman–Crippen LogP) is 3.79. The Morgan fingerprint density at radius 2 is 1.64 bits per heavy atom. The highest BCUT2D eigenvalue weighted by Gasteiger charge is 2.45. The zero-order valence-corrected chi connectivity index (χ0v) is 23.2. The zero-order chi connectivity index (χ0) is 29.5. The minimum atomic E-state index is -0.772. The Labute approximate surface area is 244 Å². The molecule has 9 heteroatoms. The summed E-state index contributed by atoms with van der Waals surface area (Å²) in [4.78, 5) is 45.7. The number of ether oxygens (including phenoxy) is 2. The third-order valence-electron chi connectivity index (χ3n) is 7.33. The van der Waals surface area contributed by atoms with Crippen LogP contribution in [0.2, 0.25) is 0 Å². The SMILES string of the molecule is COc1ccccc1CCN1C(=O)c2ccccc2C(C(=O)NCc2cccnc2)C1c1ccccc1OCC(N)=O. The molecule has 0 saturated carbocycles. The van der Waals surface area contributed by atoms with E-state index in [0.29, 0.717) is 35.4 Å². The van der Waals surface area contributed by atoms with Crippen LogP contribution in [0, 0.1) is 0 Å². The van der Waals surface area contributed by atoms with Gasteiger partial charge in [0.2, 0.25) is 5.91 Å². The fourth-order valence-corrected chi connectivity index (χ4v) is 5.42. The summed E-state index contributed by atoms with van der Waals surface area (Å²) < 4.78 is 11.4. The molecule has 1 aliphatic heterocycles. The number of rotatable bonds is 11. The second kappa shape index (κ2) is 13.0. The summed E-state index contributed by atoms with van der Waals surface area (Å²) in [5.41, 5.74) is 8.85. The van der Waals surface area contributed by atoms with Crippen LogP contribution >= 0.6 is 0 Å². The van der Waals surface area contributed by atoms with E-state index in [1.807, 2.05) is 60.7 Å². The minimum absolute atomic E-state index is 0.202.